The molecule has 28 heavy (non-hydrogen) atoms. The zero-order valence-electron chi connectivity index (χ0n) is 16.4. The lowest BCUT2D eigenvalue weighted by atomic mass is 10.1. The Morgan fingerprint density at radius 3 is 2.64 bits per heavy atom. The summed E-state index contributed by atoms with van der Waals surface area (Å²) in [5.74, 6) is 1.99. The van der Waals surface area contributed by atoms with Gasteiger partial charge in [0.05, 0.1) is 30.3 Å². The van der Waals surface area contributed by atoms with Crippen LogP contribution in [0.1, 0.15) is 17.0 Å². The average molecular weight is 376 g/mol. The van der Waals surface area contributed by atoms with Crippen molar-refractivity contribution < 1.29 is 9.84 Å². The first-order valence-electron chi connectivity index (χ1n) is 9.30. The Kier molecular flexibility index (Phi) is 4.55. The van der Waals surface area contributed by atoms with Gasteiger partial charge in [0.1, 0.15) is 23.2 Å². The molecule has 4 rings (SSSR count). The number of amidine groups is 1. The number of aryl methyl sites for hydroxylation is 2. The van der Waals surface area contributed by atoms with Crippen molar-refractivity contribution in [3.8, 4) is 5.75 Å². The molecule has 0 saturated heterocycles. The molecule has 1 aromatic heterocycles. The fourth-order valence-electron chi connectivity index (χ4n) is 3.65. The predicted molar refractivity (Wildman–Crippen MR) is 111 cm³/mol. The zero-order chi connectivity index (χ0) is 19.8. The molecule has 0 spiro atoms. The minimum atomic E-state index is 0.204. The number of methoxy groups -OCH3 is 1. The molecule has 0 atom stereocenters. The number of aliphatic hydroxyl groups is 1. The minimum Gasteiger partial charge on any atom is -0.510 e. The van der Waals surface area contributed by atoms with E-state index in [1.54, 1.807) is 7.11 Å². The van der Waals surface area contributed by atoms with Gasteiger partial charge in [-0.1, -0.05) is 18.2 Å². The molecule has 0 amide bonds. The molecule has 6 nitrogen and oxygen atoms in total. The van der Waals surface area contributed by atoms with Crippen LogP contribution in [0.15, 0.2) is 48.2 Å². The van der Waals surface area contributed by atoms with Crippen LogP contribution in [-0.2, 0) is 13.5 Å². The topological polar surface area (TPSA) is 74.4 Å². The number of nitrogens with zero attached hydrogens (tertiary/aromatic N) is 3. The third-order valence-corrected chi connectivity index (χ3v) is 5.27. The minimum absolute atomic E-state index is 0.204. The number of fused-ring (bicyclic) bond motifs is 1. The number of aromatic nitrogens is 2. The summed E-state index contributed by atoms with van der Waals surface area (Å²) in [7, 11) is 3.58. The quantitative estimate of drug-likeness (QED) is 0.712. The highest BCUT2D eigenvalue weighted by Gasteiger charge is 2.31. The van der Waals surface area contributed by atoms with E-state index in [0.717, 1.165) is 28.8 Å². The van der Waals surface area contributed by atoms with Crippen LogP contribution in [0.5, 0.6) is 5.75 Å². The number of rotatable bonds is 5. The van der Waals surface area contributed by atoms with E-state index < -0.39 is 0 Å². The van der Waals surface area contributed by atoms with Crippen molar-refractivity contribution in [2.75, 3.05) is 20.2 Å². The van der Waals surface area contributed by atoms with E-state index in [2.05, 4.69) is 0 Å². The maximum Gasteiger partial charge on any atom is 0.148 e. The second-order valence-corrected chi connectivity index (χ2v) is 7.18. The first kappa shape index (κ1) is 18.1. The van der Waals surface area contributed by atoms with Crippen molar-refractivity contribution in [3.05, 3.63) is 65.2 Å². The molecule has 0 aliphatic carbocycles. The number of ether oxygens (including phenoxy) is 1. The number of hydrogen-bond acceptors (Lipinski definition) is 4. The average Bonchev–Trinajstić information content (AvgIpc) is 3.15. The molecular weight excluding hydrogens is 352 g/mol. The summed E-state index contributed by atoms with van der Waals surface area (Å²) in [6.07, 6.45) is 0.786. The molecule has 0 fully saturated rings. The Balaban J connectivity index is 1.54. The lowest BCUT2D eigenvalue weighted by Crippen LogP contribution is -2.29. The standard InChI is InChI=1S/C22H24N4O2/c1-14-4-9-18-17(12-14)24-22(25(18)2)20-19(27)13-26(21(20)23)11-10-15-5-7-16(28-3)8-6-15/h4-9,12,23,27H,10-11,13H2,1-3H3. The summed E-state index contributed by atoms with van der Waals surface area (Å²) in [6.45, 7) is 3.03. The van der Waals surface area contributed by atoms with Crippen LogP contribution in [0.2, 0.25) is 0 Å². The van der Waals surface area contributed by atoms with Gasteiger partial charge in [0.2, 0.25) is 0 Å². The van der Waals surface area contributed by atoms with Gasteiger partial charge in [0.25, 0.3) is 0 Å². The summed E-state index contributed by atoms with van der Waals surface area (Å²) in [6, 6.07) is 14.0. The molecular formula is C22H24N4O2. The van der Waals surface area contributed by atoms with Crippen molar-refractivity contribution in [1.82, 2.24) is 14.5 Å². The van der Waals surface area contributed by atoms with Crippen LogP contribution >= 0.6 is 0 Å². The molecule has 1 aliphatic heterocycles. The normalized spacial score (nSPS) is 14.4. The summed E-state index contributed by atoms with van der Waals surface area (Å²) in [4.78, 5) is 6.58. The monoisotopic (exact) mass is 376 g/mol. The van der Waals surface area contributed by atoms with Gasteiger partial charge in [-0.25, -0.2) is 4.98 Å². The molecule has 2 heterocycles. The van der Waals surface area contributed by atoms with Crippen LogP contribution in [-0.4, -0.2) is 45.6 Å². The first-order valence-corrected chi connectivity index (χ1v) is 9.30. The highest BCUT2D eigenvalue weighted by Crippen LogP contribution is 2.29. The van der Waals surface area contributed by atoms with Gasteiger partial charge in [-0.05, 0) is 48.7 Å². The molecule has 0 bridgehead atoms. The number of imidazole rings is 1. The van der Waals surface area contributed by atoms with Crippen molar-refractivity contribution in [3.63, 3.8) is 0 Å². The second-order valence-electron chi connectivity index (χ2n) is 7.18. The SMILES string of the molecule is COc1ccc(CCN2CC(O)=C(c3nc4cc(C)ccc4n3C)C2=N)cc1. The van der Waals surface area contributed by atoms with E-state index >= 15 is 0 Å². The Hall–Kier alpha value is -3.28. The van der Waals surface area contributed by atoms with Gasteiger partial charge in [0, 0.05) is 13.6 Å². The molecule has 2 aromatic carbocycles. The predicted octanol–water partition coefficient (Wildman–Crippen LogP) is 3.69. The second kappa shape index (κ2) is 7.03. The summed E-state index contributed by atoms with van der Waals surface area (Å²) < 4.78 is 7.14. The van der Waals surface area contributed by atoms with Crippen LogP contribution < -0.4 is 4.74 Å². The van der Waals surface area contributed by atoms with Crippen LogP contribution in [0.25, 0.3) is 16.6 Å². The largest absolute Gasteiger partial charge is 0.510 e. The van der Waals surface area contributed by atoms with Gasteiger partial charge >= 0.3 is 0 Å². The van der Waals surface area contributed by atoms with Crippen LogP contribution in [0.4, 0.5) is 0 Å². The van der Waals surface area contributed by atoms with Crippen molar-refractivity contribution in [2.45, 2.75) is 13.3 Å². The number of aliphatic hydroxyl groups excluding tert-OH is 1. The number of hydrogen-bond donors (Lipinski definition) is 2. The number of benzene rings is 2. The third kappa shape index (κ3) is 3.11. The van der Waals surface area contributed by atoms with E-state index in [0.29, 0.717) is 30.3 Å². The highest BCUT2D eigenvalue weighted by atomic mass is 16.5. The first-order chi connectivity index (χ1) is 13.5. The third-order valence-electron chi connectivity index (χ3n) is 5.27. The van der Waals surface area contributed by atoms with Gasteiger partial charge in [-0.2, -0.15) is 0 Å². The molecule has 144 valence electrons. The van der Waals surface area contributed by atoms with Crippen LogP contribution in [0.3, 0.4) is 0 Å². The van der Waals surface area contributed by atoms with E-state index in [1.807, 2.05) is 65.9 Å². The molecule has 6 heteroatoms. The Labute approximate surface area is 164 Å². The lowest BCUT2D eigenvalue weighted by molar-refractivity contribution is 0.351. The van der Waals surface area contributed by atoms with E-state index in [1.165, 1.54) is 5.56 Å². The molecule has 0 unspecified atom stereocenters. The molecule has 0 radical (unpaired) electrons. The summed E-state index contributed by atoms with van der Waals surface area (Å²) in [5.41, 5.74) is 4.69. The molecule has 3 aromatic rings. The maximum absolute atomic E-state index is 10.6. The van der Waals surface area contributed by atoms with Crippen molar-refractivity contribution in [1.29, 1.82) is 5.41 Å². The smallest absolute Gasteiger partial charge is 0.148 e. The van der Waals surface area contributed by atoms with Gasteiger partial charge in [0.15, 0.2) is 0 Å². The van der Waals surface area contributed by atoms with Crippen molar-refractivity contribution in [2.24, 2.45) is 7.05 Å². The zero-order valence-corrected chi connectivity index (χ0v) is 16.4. The highest BCUT2D eigenvalue weighted by molar-refractivity contribution is 6.23. The van der Waals surface area contributed by atoms with Crippen molar-refractivity contribution >= 4 is 22.4 Å². The molecule has 2 N–H and O–H groups in total. The van der Waals surface area contributed by atoms with E-state index in [9.17, 15) is 5.11 Å². The summed E-state index contributed by atoms with van der Waals surface area (Å²) >= 11 is 0. The van der Waals surface area contributed by atoms with Gasteiger partial charge in [-0.15, -0.1) is 0 Å². The Morgan fingerprint density at radius 1 is 1.18 bits per heavy atom. The van der Waals surface area contributed by atoms with Gasteiger partial charge in [-0.3, -0.25) is 5.41 Å². The Bertz CT molecular complexity index is 1080. The molecule has 0 saturated carbocycles. The summed E-state index contributed by atoms with van der Waals surface area (Å²) in [5, 5.41) is 19.2. The van der Waals surface area contributed by atoms with Gasteiger partial charge < -0.3 is 19.3 Å². The van der Waals surface area contributed by atoms with Crippen LogP contribution in [0, 0.1) is 12.3 Å². The Morgan fingerprint density at radius 2 is 1.93 bits per heavy atom. The fourth-order valence-corrected chi connectivity index (χ4v) is 3.65. The van der Waals surface area contributed by atoms with E-state index in [-0.39, 0.29) is 5.76 Å². The lowest BCUT2D eigenvalue weighted by Gasteiger charge is -2.18. The van der Waals surface area contributed by atoms with E-state index in [4.69, 9.17) is 15.1 Å². The molecule has 1 aliphatic rings. The number of nitrogens with one attached hydrogen (secondary N) is 1. The maximum atomic E-state index is 10.6. The fraction of sp³-hybridized carbons (Fsp3) is 0.273.